The molecule has 1 aliphatic rings. The highest BCUT2D eigenvalue weighted by Crippen LogP contribution is 2.33. The topological polar surface area (TPSA) is 77.0 Å². The minimum absolute atomic E-state index is 0.264. The van der Waals surface area contributed by atoms with Crippen molar-refractivity contribution in [2.45, 2.75) is 19.9 Å². The largest absolute Gasteiger partial charge is 0.493 e. The van der Waals surface area contributed by atoms with Crippen LogP contribution in [0.5, 0.6) is 5.75 Å². The van der Waals surface area contributed by atoms with Crippen LogP contribution in [0, 0.1) is 12.7 Å². The van der Waals surface area contributed by atoms with Crippen LogP contribution in [0.4, 0.5) is 10.2 Å². The molecule has 1 aliphatic heterocycles. The van der Waals surface area contributed by atoms with Gasteiger partial charge in [0.1, 0.15) is 30.0 Å². The standard InChI is InChI=1S/C24H19FN4O2/c1-14-8-15(12-30)2-3-16(14)19-11-28-24(20-9-26-13-29-23(19)20)27-10-18-17-6-7-31-22(17)5-4-21(18)25/h2-5,8-9,11-13H,6-7,10H2,1H3,(H,27,28). The highest BCUT2D eigenvalue weighted by molar-refractivity contribution is 5.99. The third-order valence-corrected chi connectivity index (χ3v) is 5.60. The van der Waals surface area contributed by atoms with Gasteiger partial charge in [0.25, 0.3) is 0 Å². The Bertz CT molecular complexity index is 1320. The summed E-state index contributed by atoms with van der Waals surface area (Å²) in [5.74, 6) is 1.06. The Hall–Kier alpha value is -3.87. The first-order valence-electron chi connectivity index (χ1n) is 9.97. The molecule has 1 N–H and O–H groups in total. The Morgan fingerprint density at radius 1 is 1.16 bits per heavy atom. The first kappa shape index (κ1) is 19.1. The van der Waals surface area contributed by atoms with Crippen LogP contribution >= 0.6 is 0 Å². The van der Waals surface area contributed by atoms with Crippen molar-refractivity contribution >= 4 is 23.0 Å². The monoisotopic (exact) mass is 414 g/mol. The van der Waals surface area contributed by atoms with E-state index in [1.165, 1.54) is 12.4 Å². The zero-order valence-electron chi connectivity index (χ0n) is 16.9. The SMILES string of the molecule is Cc1cc(C=O)ccc1-c1cnc(NCc2c(F)ccc3c2CCO3)c2cncnc12. The Kier molecular flexibility index (Phi) is 4.78. The molecular weight excluding hydrogens is 395 g/mol. The second-order valence-corrected chi connectivity index (χ2v) is 7.45. The maximum absolute atomic E-state index is 14.5. The molecule has 31 heavy (non-hydrogen) atoms. The van der Waals surface area contributed by atoms with Crippen LogP contribution in [0.15, 0.2) is 49.1 Å². The highest BCUT2D eigenvalue weighted by atomic mass is 19.1. The summed E-state index contributed by atoms with van der Waals surface area (Å²) in [5.41, 5.74) is 5.58. The predicted molar refractivity (Wildman–Crippen MR) is 116 cm³/mol. The maximum Gasteiger partial charge on any atom is 0.150 e. The summed E-state index contributed by atoms with van der Waals surface area (Å²) in [6.45, 7) is 2.79. The maximum atomic E-state index is 14.5. The summed E-state index contributed by atoms with van der Waals surface area (Å²) in [5, 5.41) is 3.99. The number of nitrogens with one attached hydrogen (secondary N) is 1. The van der Waals surface area contributed by atoms with Crippen molar-refractivity contribution in [2.75, 3.05) is 11.9 Å². The van der Waals surface area contributed by atoms with Gasteiger partial charge in [0.15, 0.2) is 0 Å². The van der Waals surface area contributed by atoms with Gasteiger partial charge in [0, 0.05) is 47.6 Å². The van der Waals surface area contributed by atoms with Crippen LogP contribution in [0.1, 0.15) is 27.0 Å². The number of carbonyl (C=O) groups is 1. The number of benzene rings is 2. The van der Waals surface area contributed by atoms with E-state index >= 15 is 0 Å². The normalized spacial score (nSPS) is 12.5. The van der Waals surface area contributed by atoms with Gasteiger partial charge >= 0.3 is 0 Å². The molecule has 2 aromatic heterocycles. The Morgan fingerprint density at radius 3 is 2.90 bits per heavy atom. The first-order chi connectivity index (χ1) is 15.2. The quantitative estimate of drug-likeness (QED) is 0.485. The summed E-state index contributed by atoms with van der Waals surface area (Å²) in [7, 11) is 0. The van der Waals surface area contributed by atoms with Crippen molar-refractivity contribution in [3.8, 4) is 16.9 Å². The van der Waals surface area contributed by atoms with Gasteiger partial charge in [0.05, 0.1) is 17.5 Å². The Balaban J connectivity index is 1.53. The van der Waals surface area contributed by atoms with Crippen LogP contribution in [-0.4, -0.2) is 27.8 Å². The van der Waals surface area contributed by atoms with Crippen molar-refractivity contribution in [2.24, 2.45) is 0 Å². The van der Waals surface area contributed by atoms with E-state index in [2.05, 4.69) is 20.3 Å². The van der Waals surface area contributed by atoms with Crippen molar-refractivity contribution in [1.82, 2.24) is 15.0 Å². The predicted octanol–water partition coefficient (Wildman–Crippen LogP) is 4.50. The molecule has 6 nitrogen and oxygen atoms in total. The number of carbonyl (C=O) groups excluding carboxylic acids is 1. The molecule has 0 amide bonds. The number of aryl methyl sites for hydroxylation is 1. The number of nitrogens with zero attached hydrogens (tertiary/aromatic N) is 3. The van der Waals surface area contributed by atoms with Crippen molar-refractivity contribution in [1.29, 1.82) is 0 Å². The lowest BCUT2D eigenvalue weighted by molar-refractivity contribution is 0.112. The van der Waals surface area contributed by atoms with Gasteiger partial charge in [-0.2, -0.15) is 0 Å². The van der Waals surface area contributed by atoms with Gasteiger partial charge in [0.2, 0.25) is 0 Å². The molecule has 0 saturated heterocycles. The molecular formula is C24H19FN4O2. The van der Waals surface area contributed by atoms with E-state index < -0.39 is 0 Å². The second-order valence-electron chi connectivity index (χ2n) is 7.45. The summed E-state index contributed by atoms with van der Waals surface area (Å²) >= 11 is 0. The fourth-order valence-corrected chi connectivity index (χ4v) is 4.06. The van der Waals surface area contributed by atoms with Crippen molar-refractivity contribution in [3.05, 3.63) is 77.1 Å². The van der Waals surface area contributed by atoms with Crippen LogP contribution < -0.4 is 10.1 Å². The van der Waals surface area contributed by atoms with Crippen LogP contribution in [0.3, 0.4) is 0 Å². The van der Waals surface area contributed by atoms with E-state index in [4.69, 9.17) is 4.74 Å². The van der Waals surface area contributed by atoms with E-state index in [0.29, 0.717) is 30.0 Å². The van der Waals surface area contributed by atoms with Crippen molar-refractivity contribution in [3.63, 3.8) is 0 Å². The number of pyridine rings is 1. The highest BCUT2D eigenvalue weighted by Gasteiger charge is 2.20. The van der Waals surface area contributed by atoms with Crippen LogP contribution in [0.2, 0.25) is 0 Å². The number of fused-ring (bicyclic) bond motifs is 2. The fourth-order valence-electron chi connectivity index (χ4n) is 4.06. The second kappa shape index (κ2) is 7.75. The molecule has 4 aromatic rings. The number of anilines is 1. The molecule has 2 aromatic carbocycles. The smallest absolute Gasteiger partial charge is 0.150 e. The van der Waals surface area contributed by atoms with Gasteiger partial charge in [-0.25, -0.2) is 19.3 Å². The molecule has 7 heteroatoms. The van der Waals surface area contributed by atoms with Crippen molar-refractivity contribution < 1.29 is 13.9 Å². The lowest BCUT2D eigenvalue weighted by atomic mass is 9.98. The molecule has 0 atom stereocenters. The molecule has 0 bridgehead atoms. The number of aldehydes is 1. The number of ether oxygens (including phenoxy) is 1. The van der Waals surface area contributed by atoms with Gasteiger partial charge in [-0.1, -0.05) is 12.1 Å². The van der Waals surface area contributed by atoms with Gasteiger partial charge in [-0.3, -0.25) is 4.79 Å². The van der Waals surface area contributed by atoms with E-state index in [9.17, 15) is 9.18 Å². The third-order valence-electron chi connectivity index (χ3n) is 5.60. The minimum atomic E-state index is -0.264. The number of hydrogen-bond acceptors (Lipinski definition) is 6. The lowest BCUT2D eigenvalue weighted by Crippen LogP contribution is -2.07. The zero-order valence-corrected chi connectivity index (χ0v) is 16.9. The molecule has 3 heterocycles. The van der Waals surface area contributed by atoms with Gasteiger partial charge in [-0.15, -0.1) is 0 Å². The van der Waals surface area contributed by atoms with Gasteiger partial charge < -0.3 is 10.1 Å². The Labute approximate surface area is 178 Å². The molecule has 5 rings (SSSR count). The van der Waals surface area contributed by atoms with E-state index in [0.717, 1.165) is 45.2 Å². The summed E-state index contributed by atoms with van der Waals surface area (Å²) < 4.78 is 20.0. The molecule has 0 fully saturated rings. The zero-order chi connectivity index (χ0) is 21.4. The average molecular weight is 414 g/mol. The third kappa shape index (κ3) is 3.38. The van der Waals surface area contributed by atoms with E-state index in [1.807, 2.05) is 19.1 Å². The fraction of sp³-hybridized carbons (Fsp3) is 0.167. The van der Waals surface area contributed by atoms with E-state index in [1.54, 1.807) is 24.5 Å². The molecule has 0 radical (unpaired) electrons. The number of aromatic nitrogens is 3. The van der Waals surface area contributed by atoms with E-state index in [-0.39, 0.29) is 12.4 Å². The average Bonchev–Trinajstić information content (AvgIpc) is 3.27. The lowest BCUT2D eigenvalue weighted by Gasteiger charge is -2.14. The number of hydrogen-bond donors (Lipinski definition) is 1. The molecule has 0 saturated carbocycles. The minimum Gasteiger partial charge on any atom is -0.493 e. The first-order valence-corrected chi connectivity index (χ1v) is 9.97. The van der Waals surface area contributed by atoms with Crippen LogP contribution in [-0.2, 0) is 13.0 Å². The summed E-state index contributed by atoms with van der Waals surface area (Å²) in [4.78, 5) is 24.3. The number of halogens is 1. The molecule has 0 aliphatic carbocycles. The molecule has 154 valence electrons. The Morgan fingerprint density at radius 2 is 2.06 bits per heavy atom. The number of rotatable bonds is 5. The summed E-state index contributed by atoms with van der Waals surface area (Å²) in [6, 6.07) is 8.62. The summed E-state index contributed by atoms with van der Waals surface area (Å²) in [6.07, 6.45) is 6.45. The molecule has 0 spiro atoms. The van der Waals surface area contributed by atoms with Crippen LogP contribution in [0.25, 0.3) is 22.0 Å². The molecule has 0 unspecified atom stereocenters. The van der Waals surface area contributed by atoms with Gasteiger partial charge in [-0.05, 0) is 36.2 Å².